The number of amides is 2. The van der Waals surface area contributed by atoms with Crippen LogP contribution in [0.3, 0.4) is 0 Å². The van der Waals surface area contributed by atoms with Crippen molar-refractivity contribution in [2.45, 2.75) is 33.8 Å². The Hall–Kier alpha value is -3.92. The van der Waals surface area contributed by atoms with Gasteiger partial charge in [0.1, 0.15) is 23.2 Å². The minimum atomic E-state index is -0.710. The zero-order valence-corrected chi connectivity index (χ0v) is 17.0. The van der Waals surface area contributed by atoms with Crippen LogP contribution in [0.1, 0.15) is 42.5 Å². The molecule has 30 heavy (non-hydrogen) atoms. The van der Waals surface area contributed by atoms with Gasteiger partial charge >= 0.3 is 5.97 Å². The topological polar surface area (TPSA) is 109 Å². The smallest absolute Gasteiger partial charge is 0.338 e. The third-order valence-corrected chi connectivity index (χ3v) is 4.59. The molecule has 0 fully saturated rings. The van der Waals surface area contributed by atoms with Gasteiger partial charge in [-0.15, -0.1) is 0 Å². The molecule has 152 valence electrons. The fourth-order valence-electron chi connectivity index (χ4n) is 3.02. The van der Waals surface area contributed by atoms with Crippen LogP contribution < -0.4 is 5.32 Å². The molecule has 0 spiro atoms. The minimum Gasteiger partial charge on any atom is -0.459 e. The van der Waals surface area contributed by atoms with E-state index in [2.05, 4.69) is 5.32 Å². The summed E-state index contributed by atoms with van der Waals surface area (Å²) in [4.78, 5) is 36.2. The van der Waals surface area contributed by atoms with Gasteiger partial charge in [-0.2, -0.15) is 5.26 Å². The maximum Gasteiger partial charge on any atom is 0.338 e. The Morgan fingerprint density at radius 1 is 1.17 bits per heavy atom. The first kappa shape index (κ1) is 20.8. The van der Waals surface area contributed by atoms with Gasteiger partial charge in [-0.3, -0.25) is 14.9 Å². The van der Waals surface area contributed by atoms with Crippen molar-refractivity contribution in [3.63, 3.8) is 0 Å². The summed E-state index contributed by atoms with van der Waals surface area (Å²) in [5, 5.41) is 11.3. The van der Waals surface area contributed by atoms with Gasteiger partial charge in [-0.05, 0) is 63.1 Å². The number of furan rings is 1. The highest BCUT2D eigenvalue weighted by Crippen LogP contribution is 2.28. The second-order valence-corrected chi connectivity index (χ2v) is 7.14. The molecule has 0 atom stereocenters. The zero-order chi connectivity index (χ0) is 22.0. The number of esters is 1. The highest BCUT2D eigenvalue weighted by molar-refractivity contribution is 6.19. The summed E-state index contributed by atoms with van der Waals surface area (Å²) < 4.78 is 11.1. The first-order valence-corrected chi connectivity index (χ1v) is 9.31. The minimum absolute atomic E-state index is 0.112. The summed E-state index contributed by atoms with van der Waals surface area (Å²) in [6.45, 7) is 6.93. The van der Waals surface area contributed by atoms with Gasteiger partial charge in [0.15, 0.2) is 0 Å². The van der Waals surface area contributed by atoms with Gasteiger partial charge in [0, 0.05) is 11.1 Å². The lowest BCUT2D eigenvalue weighted by molar-refractivity contribution is -0.126. The second kappa shape index (κ2) is 8.21. The lowest BCUT2D eigenvalue weighted by Gasteiger charge is -2.15. The van der Waals surface area contributed by atoms with E-state index in [-0.39, 0.29) is 17.3 Å². The molecular weight excluding hydrogens is 384 g/mol. The molecular formula is C23H20N2O5. The first-order chi connectivity index (χ1) is 14.2. The van der Waals surface area contributed by atoms with E-state index in [0.717, 1.165) is 5.56 Å². The zero-order valence-electron chi connectivity index (χ0n) is 17.0. The highest BCUT2D eigenvalue weighted by atomic mass is 16.5. The van der Waals surface area contributed by atoms with Crippen molar-refractivity contribution in [3.8, 4) is 17.4 Å². The summed E-state index contributed by atoms with van der Waals surface area (Å²) in [5.74, 6) is -0.851. The van der Waals surface area contributed by atoms with E-state index in [1.54, 1.807) is 44.2 Å². The molecule has 1 aromatic carbocycles. The standard InChI is InChI=1S/C23H20N2O5/c1-12(2)29-23(28)17-9-15(6-5-13(17)3)20-8-7-16(30-20)10-18-14(4)19(11-24)22(27)25-21(18)26/h5-10,12H,1-4H3,(H,25,26,27)/b18-10+. The molecule has 0 unspecified atom stereocenters. The Balaban J connectivity index is 1.96. The van der Waals surface area contributed by atoms with Crippen molar-refractivity contribution < 1.29 is 23.5 Å². The van der Waals surface area contributed by atoms with E-state index in [0.29, 0.717) is 28.2 Å². The van der Waals surface area contributed by atoms with Crippen LogP contribution in [0.2, 0.25) is 0 Å². The Kier molecular flexibility index (Phi) is 5.70. The monoisotopic (exact) mass is 404 g/mol. The van der Waals surface area contributed by atoms with Crippen LogP contribution in [-0.2, 0) is 14.3 Å². The maximum atomic E-state index is 12.3. The predicted octanol–water partition coefficient (Wildman–Crippen LogP) is 3.70. The van der Waals surface area contributed by atoms with Gasteiger partial charge in [-0.25, -0.2) is 4.79 Å². The Morgan fingerprint density at radius 3 is 2.57 bits per heavy atom. The molecule has 0 bridgehead atoms. The van der Waals surface area contributed by atoms with Crippen LogP contribution in [0.4, 0.5) is 0 Å². The lowest BCUT2D eigenvalue weighted by atomic mass is 9.96. The lowest BCUT2D eigenvalue weighted by Crippen LogP contribution is -2.37. The number of rotatable bonds is 4. The van der Waals surface area contributed by atoms with E-state index in [9.17, 15) is 14.4 Å². The normalized spacial score (nSPS) is 15.4. The number of nitriles is 1. The number of carbonyl (C=O) groups is 3. The molecule has 7 heteroatoms. The van der Waals surface area contributed by atoms with Gasteiger partial charge in [0.05, 0.1) is 11.7 Å². The van der Waals surface area contributed by atoms with E-state index < -0.39 is 17.8 Å². The molecule has 0 radical (unpaired) electrons. The Bertz CT molecular complexity index is 1160. The van der Waals surface area contributed by atoms with Crippen LogP contribution in [0.15, 0.2) is 51.5 Å². The van der Waals surface area contributed by atoms with Crippen LogP contribution in [0, 0.1) is 18.3 Å². The summed E-state index contributed by atoms with van der Waals surface area (Å²) in [5.41, 5.74) is 2.26. The van der Waals surface area contributed by atoms with Crippen molar-refractivity contribution in [2.24, 2.45) is 0 Å². The SMILES string of the molecule is CC1=C(C#N)C(=O)NC(=O)/C1=C/c1ccc(-c2ccc(C)c(C(=O)OC(C)C)c2)o1. The fraction of sp³-hybridized carbons (Fsp3) is 0.217. The Labute approximate surface area is 173 Å². The van der Waals surface area contributed by atoms with E-state index in [1.807, 2.05) is 13.0 Å². The molecule has 2 aromatic rings. The van der Waals surface area contributed by atoms with Crippen molar-refractivity contribution >= 4 is 23.9 Å². The number of benzene rings is 1. The van der Waals surface area contributed by atoms with Gasteiger partial charge < -0.3 is 9.15 Å². The molecule has 7 nitrogen and oxygen atoms in total. The molecule has 0 saturated carbocycles. The predicted molar refractivity (Wildman–Crippen MR) is 109 cm³/mol. The summed E-state index contributed by atoms with van der Waals surface area (Å²) in [7, 11) is 0. The fourth-order valence-corrected chi connectivity index (χ4v) is 3.02. The van der Waals surface area contributed by atoms with Crippen molar-refractivity contribution in [1.82, 2.24) is 5.32 Å². The number of aryl methyl sites for hydroxylation is 1. The van der Waals surface area contributed by atoms with Crippen LogP contribution in [0.25, 0.3) is 17.4 Å². The second-order valence-electron chi connectivity index (χ2n) is 7.14. The quantitative estimate of drug-likeness (QED) is 0.473. The Morgan fingerprint density at radius 2 is 1.90 bits per heavy atom. The number of hydrogen-bond acceptors (Lipinski definition) is 6. The van der Waals surface area contributed by atoms with Crippen LogP contribution in [-0.4, -0.2) is 23.9 Å². The molecule has 1 aliphatic heterocycles. The summed E-state index contributed by atoms with van der Waals surface area (Å²) >= 11 is 0. The molecule has 1 N–H and O–H groups in total. The van der Waals surface area contributed by atoms with Crippen molar-refractivity contribution in [2.75, 3.05) is 0 Å². The third kappa shape index (κ3) is 4.08. The molecule has 0 aliphatic carbocycles. The van der Waals surface area contributed by atoms with E-state index in [4.69, 9.17) is 14.4 Å². The van der Waals surface area contributed by atoms with E-state index in [1.165, 1.54) is 13.0 Å². The van der Waals surface area contributed by atoms with Crippen molar-refractivity contribution in [3.05, 3.63) is 63.9 Å². The number of nitrogens with zero attached hydrogens (tertiary/aromatic N) is 1. The highest BCUT2D eigenvalue weighted by Gasteiger charge is 2.27. The number of nitrogens with one attached hydrogen (secondary N) is 1. The van der Waals surface area contributed by atoms with Crippen molar-refractivity contribution in [1.29, 1.82) is 5.26 Å². The van der Waals surface area contributed by atoms with Gasteiger partial charge in [-0.1, -0.05) is 12.1 Å². The molecule has 1 aliphatic rings. The summed E-state index contributed by atoms with van der Waals surface area (Å²) in [6, 6.07) is 10.5. The van der Waals surface area contributed by atoms with Crippen LogP contribution in [0.5, 0.6) is 0 Å². The molecule has 2 amide bonds. The number of imide groups is 1. The molecule has 0 saturated heterocycles. The molecule has 1 aromatic heterocycles. The number of ether oxygens (including phenoxy) is 1. The number of hydrogen-bond donors (Lipinski definition) is 1. The largest absolute Gasteiger partial charge is 0.459 e. The first-order valence-electron chi connectivity index (χ1n) is 9.31. The number of carbonyl (C=O) groups excluding carboxylic acids is 3. The maximum absolute atomic E-state index is 12.3. The van der Waals surface area contributed by atoms with Gasteiger partial charge in [0.25, 0.3) is 11.8 Å². The average Bonchev–Trinajstić information content (AvgIpc) is 3.14. The summed E-state index contributed by atoms with van der Waals surface area (Å²) in [6.07, 6.45) is 1.24. The third-order valence-electron chi connectivity index (χ3n) is 4.59. The van der Waals surface area contributed by atoms with E-state index >= 15 is 0 Å². The van der Waals surface area contributed by atoms with Gasteiger partial charge in [0.2, 0.25) is 0 Å². The van der Waals surface area contributed by atoms with Crippen LogP contribution >= 0.6 is 0 Å². The molecule has 2 heterocycles. The average molecular weight is 404 g/mol. The molecule has 3 rings (SSSR count).